The topological polar surface area (TPSA) is 59.8 Å². The highest BCUT2D eigenvalue weighted by molar-refractivity contribution is 5.99. The summed E-state index contributed by atoms with van der Waals surface area (Å²) in [6.07, 6.45) is 3.22. The van der Waals surface area contributed by atoms with Gasteiger partial charge in [0, 0.05) is 6.54 Å². The van der Waals surface area contributed by atoms with Crippen LogP contribution in [0.4, 0.5) is 0 Å². The van der Waals surface area contributed by atoms with Crippen LogP contribution in [-0.2, 0) is 6.54 Å². The molecule has 3 aromatic carbocycles. The lowest BCUT2D eigenvalue weighted by atomic mass is 9.97. The van der Waals surface area contributed by atoms with E-state index >= 15 is 0 Å². The van der Waals surface area contributed by atoms with E-state index in [4.69, 9.17) is 9.15 Å². The van der Waals surface area contributed by atoms with Gasteiger partial charge in [0.2, 0.25) is 5.76 Å². The first-order valence-corrected chi connectivity index (χ1v) is 13.0. The van der Waals surface area contributed by atoms with Gasteiger partial charge in [-0.05, 0) is 67.6 Å². The normalized spacial score (nSPS) is 14.9. The molecular weight excluding hydrogens is 462 g/mol. The number of amides is 1. The maximum absolute atomic E-state index is 14.0. The maximum atomic E-state index is 14.0. The maximum Gasteiger partial charge on any atom is 0.291 e. The summed E-state index contributed by atoms with van der Waals surface area (Å²) in [5, 5.41) is 0.512. The molecule has 1 atom stereocenters. The molecule has 4 aromatic rings. The van der Waals surface area contributed by atoms with Gasteiger partial charge in [0.25, 0.3) is 5.91 Å². The highest BCUT2D eigenvalue weighted by Gasteiger charge is 2.43. The lowest BCUT2D eigenvalue weighted by Crippen LogP contribution is -2.29. The molecule has 0 aliphatic carbocycles. The van der Waals surface area contributed by atoms with Crippen LogP contribution in [0.25, 0.3) is 11.0 Å². The van der Waals surface area contributed by atoms with Crippen molar-refractivity contribution in [2.75, 3.05) is 6.61 Å². The highest BCUT2D eigenvalue weighted by atomic mass is 16.5. The van der Waals surface area contributed by atoms with Crippen LogP contribution in [0, 0.1) is 20.8 Å². The van der Waals surface area contributed by atoms with Crippen LogP contribution in [-0.4, -0.2) is 17.4 Å². The summed E-state index contributed by atoms with van der Waals surface area (Å²) in [6, 6.07) is 19.1. The first kappa shape index (κ1) is 24.8. The second kappa shape index (κ2) is 10.3. The van der Waals surface area contributed by atoms with Crippen LogP contribution < -0.4 is 10.2 Å². The molecule has 5 heteroatoms. The predicted octanol–water partition coefficient (Wildman–Crippen LogP) is 7.03. The Balaban J connectivity index is 1.64. The third kappa shape index (κ3) is 4.78. The van der Waals surface area contributed by atoms with E-state index in [9.17, 15) is 9.59 Å². The van der Waals surface area contributed by atoms with Crippen molar-refractivity contribution in [2.45, 2.75) is 59.5 Å². The fraction of sp³-hybridized carbons (Fsp3) is 0.312. The number of fused-ring (bicyclic) bond motifs is 2. The second-order valence-corrected chi connectivity index (χ2v) is 10.1. The van der Waals surface area contributed by atoms with Crippen molar-refractivity contribution in [3.05, 3.63) is 110 Å². The fourth-order valence-electron chi connectivity index (χ4n) is 5.19. The molecule has 37 heavy (non-hydrogen) atoms. The quantitative estimate of drug-likeness (QED) is 0.246. The minimum absolute atomic E-state index is 0.135. The fourth-order valence-corrected chi connectivity index (χ4v) is 5.19. The number of ether oxygens (including phenoxy) is 1. The van der Waals surface area contributed by atoms with Gasteiger partial charge in [-0.2, -0.15) is 0 Å². The van der Waals surface area contributed by atoms with Gasteiger partial charge in [-0.25, -0.2) is 0 Å². The summed E-state index contributed by atoms with van der Waals surface area (Å²) in [6.45, 7) is 9.07. The SMILES string of the molecule is CCCCCOc1cccc(C2c3c(oc4c(C)cc(C)cc4c3=O)C(=O)N2Cc2ccc(C)cc2)c1. The Morgan fingerprint density at radius 2 is 1.70 bits per heavy atom. The van der Waals surface area contributed by atoms with Crippen LogP contribution >= 0.6 is 0 Å². The number of rotatable bonds is 8. The third-order valence-electron chi connectivity index (χ3n) is 7.06. The van der Waals surface area contributed by atoms with Gasteiger partial charge in [0.15, 0.2) is 5.43 Å². The molecule has 1 aliphatic heterocycles. The monoisotopic (exact) mass is 495 g/mol. The molecule has 0 radical (unpaired) electrons. The summed E-state index contributed by atoms with van der Waals surface area (Å²) in [4.78, 5) is 29.5. The molecule has 1 aromatic heterocycles. The molecule has 0 saturated heterocycles. The average Bonchev–Trinajstić information content (AvgIpc) is 3.16. The van der Waals surface area contributed by atoms with E-state index < -0.39 is 6.04 Å². The Bertz CT molecular complexity index is 1520. The van der Waals surface area contributed by atoms with Gasteiger partial charge < -0.3 is 14.1 Å². The molecule has 0 spiro atoms. The minimum atomic E-state index is -0.565. The number of aryl methyl sites for hydroxylation is 3. The van der Waals surface area contributed by atoms with Crippen LogP contribution in [0.15, 0.2) is 69.9 Å². The summed E-state index contributed by atoms with van der Waals surface area (Å²) in [5.74, 6) is 0.603. The molecule has 190 valence electrons. The molecule has 1 unspecified atom stereocenters. The number of hydrogen-bond donors (Lipinski definition) is 0. The molecule has 2 heterocycles. The Kier molecular flexibility index (Phi) is 6.88. The van der Waals surface area contributed by atoms with Gasteiger partial charge in [-0.15, -0.1) is 0 Å². The number of hydrogen-bond acceptors (Lipinski definition) is 4. The molecule has 5 rings (SSSR count). The van der Waals surface area contributed by atoms with E-state index in [1.807, 2.05) is 81.4 Å². The van der Waals surface area contributed by atoms with Crippen molar-refractivity contribution < 1.29 is 13.9 Å². The number of benzene rings is 3. The van der Waals surface area contributed by atoms with Crippen molar-refractivity contribution in [3.63, 3.8) is 0 Å². The molecule has 5 nitrogen and oxygen atoms in total. The van der Waals surface area contributed by atoms with Crippen LogP contribution in [0.1, 0.15) is 76.2 Å². The Labute approximate surface area is 217 Å². The molecular formula is C32H33NO4. The highest BCUT2D eigenvalue weighted by Crippen LogP contribution is 2.40. The second-order valence-electron chi connectivity index (χ2n) is 10.1. The first-order chi connectivity index (χ1) is 17.9. The Hall–Kier alpha value is -3.86. The van der Waals surface area contributed by atoms with Crippen molar-refractivity contribution >= 4 is 16.9 Å². The average molecular weight is 496 g/mol. The predicted molar refractivity (Wildman–Crippen MR) is 146 cm³/mol. The summed E-state index contributed by atoms with van der Waals surface area (Å²) < 4.78 is 12.2. The first-order valence-electron chi connectivity index (χ1n) is 13.0. The molecule has 1 amide bonds. The standard InChI is InChI=1S/C32H33NO4/c1-5-6-7-15-36-25-10-8-9-24(18-25)28-27-29(34)26-17-21(3)16-22(4)30(26)37-31(27)32(35)33(28)19-23-13-11-20(2)12-14-23/h8-14,16-18,28H,5-7,15,19H2,1-4H3. The summed E-state index contributed by atoms with van der Waals surface area (Å²) >= 11 is 0. The van der Waals surface area contributed by atoms with Gasteiger partial charge in [0.05, 0.1) is 23.6 Å². The van der Waals surface area contributed by atoms with Gasteiger partial charge in [0.1, 0.15) is 11.3 Å². The molecule has 0 N–H and O–H groups in total. The van der Waals surface area contributed by atoms with E-state index in [0.29, 0.717) is 29.7 Å². The molecule has 0 bridgehead atoms. The van der Waals surface area contributed by atoms with Crippen LogP contribution in [0.2, 0.25) is 0 Å². The van der Waals surface area contributed by atoms with Gasteiger partial charge in [-0.1, -0.05) is 67.8 Å². The molecule has 1 aliphatic rings. The third-order valence-corrected chi connectivity index (χ3v) is 7.06. The van der Waals surface area contributed by atoms with Crippen molar-refractivity contribution in [1.29, 1.82) is 0 Å². The van der Waals surface area contributed by atoms with E-state index in [2.05, 4.69) is 6.92 Å². The van der Waals surface area contributed by atoms with E-state index in [1.165, 1.54) is 0 Å². The lowest BCUT2D eigenvalue weighted by molar-refractivity contribution is 0.0714. The van der Waals surface area contributed by atoms with E-state index in [1.54, 1.807) is 4.90 Å². The smallest absolute Gasteiger partial charge is 0.291 e. The van der Waals surface area contributed by atoms with Crippen molar-refractivity contribution in [3.8, 4) is 5.75 Å². The minimum Gasteiger partial charge on any atom is -0.494 e. The Morgan fingerprint density at radius 1 is 0.919 bits per heavy atom. The van der Waals surface area contributed by atoms with Crippen LogP contribution in [0.3, 0.4) is 0 Å². The zero-order valence-electron chi connectivity index (χ0n) is 22.0. The van der Waals surface area contributed by atoms with Gasteiger partial charge >= 0.3 is 0 Å². The number of carbonyl (C=O) groups is 1. The largest absolute Gasteiger partial charge is 0.494 e. The van der Waals surface area contributed by atoms with Gasteiger partial charge in [-0.3, -0.25) is 9.59 Å². The van der Waals surface area contributed by atoms with E-state index in [0.717, 1.165) is 52.8 Å². The van der Waals surface area contributed by atoms with Crippen LogP contribution in [0.5, 0.6) is 5.75 Å². The Morgan fingerprint density at radius 3 is 2.46 bits per heavy atom. The van der Waals surface area contributed by atoms with Crippen molar-refractivity contribution in [1.82, 2.24) is 4.90 Å². The summed E-state index contributed by atoms with van der Waals surface area (Å²) in [7, 11) is 0. The number of unbranched alkanes of at least 4 members (excludes halogenated alkanes) is 2. The number of carbonyl (C=O) groups excluding carboxylic acids is 1. The zero-order chi connectivity index (χ0) is 26.1. The molecule has 0 saturated carbocycles. The van der Waals surface area contributed by atoms with E-state index in [-0.39, 0.29) is 17.1 Å². The number of nitrogens with zero attached hydrogens (tertiary/aromatic N) is 1. The summed E-state index contributed by atoms with van der Waals surface area (Å²) in [5.41, 5.74) is 5.54. The zero-order valence-corrected chi connectivity index (χ0v) is 22.0. The lowest BCUT2D eigenvalue weighted by Gasteiger charge is -2.25. The molecule has 0 fully saturated rings. The van der Waals surface area contributed by atoms with Crippen molar-refractivity contribution in [2.24, 2.45) is 0 Å².